The Kier molecular flexibility index (Phi) is 2.63. The number of nitrogens with one attached hydrogen (secondary N) is 2. The van der Waals surface area contributed by atoms with Crippen molar-refractivity contribution in [3.8, 4) is 6.07 Å². The van der Waals surface area contributed by atoms with E-state index in [-0.39, 0.29) is 0 Å². The minimum Gasteiger partial charge on any atom is -0.376 e. The first kappa shape index (κ1) is 10.7. The summed E-state index contributed by atoms with van der Waals surface area (Å²) in [6, 6.07) is 2.11. The molecule has 0 unspecified atom stereocenters. The lowest BCUT2D eigenvalue weighted by Gasteiger charge is -2.06. The summed E-state index contributed by atoms with van der Waals surface area (Å²) in [4.78, 5) is 15.4. The van der Waals surface area contributed by atoms with Crippen molar-refractivity contribution in [1.82, 2.24) is 19.9 Å². The fourth-order valence-corrected chi connectivity index (χ4v) is 2.21. The number of aromatic amines is 1. The maximum atomic E-state index is 9.09. The lowest BCUT2D eigenvalue weighted by Crippen LogP contribution is -2.02. The molecule has 0 aliphatic rings. The summed E-state index contributed by atoms with van der Waals surface area (Å²) in [7, 11) is 0. The highest BCUT2D eigenvalue weighted by atomic mass is 32.1. The molecule has 0 fully saturated rings. The van der Waals surface area contributed by atoms with E-state index in [2.05, 4.69) is 31.3 Å². The molecule has 3 aromatic rings. The van der Waals surface area contributed by atoms with E-state index in [4.69, 9.17) is 5.26 Å². The monoisotopic (exact) mass is 256 g/mol. The minimum absolute atomic E-state index is 0.478. The van der Waals surface area contributed by atoms with Crippen LogP contribution in [0.25, 0.3) is 11.2 Å². The van der Waals surface area contributed by atoms with E-state index in [0.29, 0.717) is 29.0 Å². The van der Waals surface area contributed by atoms with Crippen LogP contribution in [0.5, 0.6) is 0 Å². The Hall–Kier alpha value is -2.46. The van der Waals surface area contributed by atoms with Gasteiger partial charge in [0.15, 0.2) is 5.65 Å². The Bertz CT molecular complexity index is 709. The van der Waals surface area contributed by atoms with Gasteiger partial charge in [0.1, 0.15) is 16.6 Å². The average Bonchev–Trinajstić information content (AvgIpc) is 3.06. The molecule has 0 amide bonds. The van der Waals surface area contributed by atoms with Crippen molar-refractivity contribution in [3.63, 3.8) is 0 Å². The lowest BCUT2D eigenvalue weighted by molar-refractivity contribution is 1.10. The highest BCUT2D eigenvalue weighted by molar-refractivity contribution is 7.09. The number of rotatable bonds is 3. The highest BCUT2D eigenvalue weighted by Crippen LogP contribution is 2.23. The van der Waals surface area contributed by atoms with Gasteiger partial charge in [-0.2, -0.15) is 5.26 Å². The molecule has 0 aliphatic heterocycles. The molecule has 0 bridgehead atoms. The van der Waals surface area contributed by atoms with Crippen LogP contribution in [0, 0.1) is 11.3 Å². The normalized spacial score (nSPS) is 10.4. The van der Waals surface area contributed by atoms with Crippen LogP contribution < -0.4 is 5.32 Å². The molecule has 3 rings (SSSR count). The van der Waals surface area contributed by atoms with E-state index >= 15 is 0 Å². The number of nitriles is 1. The molecule has 0 saturated heterocycles. The van der Waals surface area contributed by atoms with Crippen molar-refractivity contribution >= 4 is 28.2 Å². The Morgan fingerprint density at radius 3 is 3.11 bits per heavy atom. The Balaban J connectivity index is 1.98. The number of hydrogen-bond acceptors (Lipinski definition) is 6. The number of imidazole rings is 1. The number of nitrogens with zero attached hydrogens (tertiary/aromatic N) is 4. The van der Waals surface area contributed by atoms with E-state index in [0.717, 1.165) is 5.01 Å². The van der Waals surface area contributed by atoms with Gasteiger partial charge in [-0.3, -0.25) is 0 Å². The number of thiazole rings is 1. The third-order valence-corrected chi connectivity index (χ3v) is 3.25. The topological polar surface area (TPSA) is 90.3 Å². The number of anilines is 1. The van der Waals surface area contributed by atoms with Gasteiger partial charge < -0.3 is 10.3 Å². The van der Waals surface area contributed by atoms with Gasteiger partial charge in [0, 0.05) is 17.8 Å². The molecule has 2 N–H and O–H groups in total. The quantitative estimate of drug-likeness (QED) is 0.746. The summed E-state index contributed by atoms with van der Waals surface area (Å²) in [6.45, 7) is 0.568. The zero-order chi connectivity index (χ0) is 12.4. The third kappa shape index (κ3) is 1.78. The average molecular weight is 256 g/mol. The van der Waals surface area contributed by atoms with Crippen LogP contribution in [-0.2, 0) is 6.54 Å². The fourth-order valence-electron chi connectivity index (χ4n) is 1.66. The number of fused-ring (bicyclic) bond motifs is 1. The first-order valence-corrected chi connectivity index (χ1v) is 6.11. The Labute approximate surface area is 106 Å². The smallest absolute Gasteiger partial charge is 0.159 e. The third-order valence-electron chi connectivity index (χ3n) is 2.47. The van der Waals surface area contributed by atoms with Crippen LogP contribution in [0.1, 0.15) is 10.6 Å². The number of hydrogen-bond donors (Lipinski definition) is 2. The molecule has 7 heteroatoms. The molecule has 0 aliphatic carbocycles. The summed E-state index contributed by atoms with van der Waals surface area (Å²) in [6.07, 6.45) is 4.85. The van der Waals surface area contributed by atoms with Gasteiger partial charge in [-0.1, -0.05) is 0 Å². The van der Waals surface area contributed by atoms with Crippen molar-refractivity contribution in [2.45, 2.75) is 6.54 Å². The summed E-state index contributed by atoms with van der Waals surface area (Å²) >= 11 is 1.56. The Morgan fingerprint density at radius 1 is 1.39 bits per heavy atom. The van der Waals surface area contributed by atoms with Crippen molar-refractivity contribution in [2.75, 3.05) is 5.32 Å². The molecule has 0 atom stereocenters. The first-order chi connectivity index (χ1) is 8.88. The van der Waals surface area contributed by atoms with E-state index in [1.54, 1.807) is 23.9 Å². The van der Waals surface area contributed by atoms with Crippen LogP contribution in [0.4, 0.5) is 5.69 Å². The second-order valence-corrected chi connectivity index (χ2v) is 4.52. The molecule has 18 heavy (non-hydrogen) atoms. The highest BCUT2D eigenvalue weighted by Gasteiger charge is 2.10. The molecule has 88 valence electrons. The Morgan fingerprint density at radius 2 is 2.33 bits per heavy atom. The maximum absolute atomic E-state index is 9.09. The van der Waals surface area contributed by atoms with Gasteiger partial charge in [0.25, 0.3) is 0 Å². The molecular formula is C11H8N6S. The van der Waals surface area contributed by atoms with Crippen LogP contribution >= 0.6 is 11.3 Å². The van der Waals surface area contributed by atoms with Gasteiger partial charge in [-0.15, -0.1) is 11.3 Å². The van der Waals surface area contributed by atoms with Crippen molar-refractivity contribution < 1.29 is 0 Å². The van der Waals surface area contributed by atoms with Crippen molar-refractivity contribution in [1.29, 1.82) is 5.26 Å². The first-order valence-electron chi connectivity index (χ1n) is 5.23. The SMILES string of the molecule is N#Cc1cnc2[nH]cnc2c1NCc1nccs1. The molecule has 6 nitrogen and oxygen atoms in total. The molecule has 0 aromatic carbocycles. The second-order valence-electron chi connectivity index (χ2n) is 3.54. The maximum Gasteiger partial charge on any atom is 0.159 e. The van der Waals surface area contributed by atoms with Crippen LogP contribution in [0.2, 0.25) is 0 Å². The summed E-state index contributed by atoms with van der Waals surface area (Å²) in [5.41, 5.74) is 2.51. The van der Waals surface area contributed by atoms with E-state index in [1.807, 2.05) is 5.38 Å². The molecule has 3 heterocycles. The zero-order valence-electron chi connectivity index (χ0n) is 9.21. The minimum atomic E-state index is 0.478. The van der Waals surface area contributed by atoms with Gasteiger partial charge in [-0.25, -0.2) is 15.0 Å². The van der Waals surface area contributed by atoms with Crippen LogP contribution in [0.15, 0.2) is 24.1 Å². The van der Waals surface area contributed by atoms with Gasteiger partial charge in [0.05, 0.1) is 24.1 Å². The van der Waals surface area contributed by atoms with E-state index in [9.17, 15) is 0 Å². The molecule has 0 radical (unpaired) electrons. The van der Waals surface area contributed by atoms with Crippen molar-refractivity contribution in [3.05, 3.63) is 34.7 Å². The molecule has 0 spiro atoms. The molecule has 3 aromatic heterocycles. The zero-order valence-corrected chi connectivity index (χ0v) is 10.0. The van der Waals surface area contributed by atoms with Gasteiger partial charge in [-0.05, 0) is 0 Å². The molecule has 0 saturated carbocycles. The fraction of sp³-hybridized carbons (Fsp3) is 0.0909. The van der Waals surface area contributed by atoms with E-state index < -0.39 is 0 Å². The predicted octanol–water partition coefficient (Wildman–Crippen LogP) is 1.90. The summed E-state index contributed by atoms with van der Waals surface area (Å²) in [5, 5.41) is 15.2. The van der Waals surface area contributed by atoms with Crippen molar-refractivity contribution in [2.24, 2.45) is 0 Å². The second kappa shape index (κ2) is 4.43. The molecular weight excluding hydrogens is 248 g/mol. The largest absolute Gasteiger partial charge is 0.376 e. The summed E-state index contributed by atoms with van der Waals surface area (Å²) < 4.78 is 0. The lowest BCUT2D eigenvalue weighted by atomic mass is 10.2. The standard InChI is InChI=1S/C11H8N6S/c12-3-7-4-15-11-10(16-6-17-11)9(7)14-5-8-13-1-2-18-8/h1-2,4,6H,5H2,(H2,14,15,16,17). The van der Waals surface area contributed by atoms with Gasteiger partial charge in [0.2, 0.25) is 0 Å². The van der Waals surface area contributed by atoms with Gasteiger partial charge >= 0.3 is 0 Å². The van der Waals surface area contributed by atoms with Crippen LogP contribution in [-0.4, -0.2) is 19.9 Å². The number of aromatic nitrogens is 4. The van der Waals surface area contributed by atoms with E-state index in [1.165, 1.54) is 6.20 Å². The summed E-state index contributed by atoms with van der Waals surface area (Å²) in [5.74, 6) is 0. The predicted molar refractivity (Wildman–Crippen MR) is 68.0 cm³/mol. The number of pyridine rings is 1. The van der Waals surface area contributed by atoms with Crippen LogP contribution in [0.3, 0.4) is 0 Å². The number of H-pyrrole nitrogens is 1.